The summed E-state index contributed by atoms with van der Waals surface area (Å²) in [7, 11) is 0. The zero-order chi connectivity index (χ0) is 14.4. The second-order valence-electron chi connectivity index (χ2n) is 5.45. The van der Waals surface area contributed by atoms with Crippen molar-refractivity contribution in [3.05, 3.63) is 48.0 Å². The molecule has 0 heterocycles. The van der Waals surface area contributed by atoms with Crippen molar-refractivity contribution in [3.63, 3.8) is 0 Å². The molecule has 0 aliphatic rings. The number of benzene rings is 2. The van der Waals surface area contributed by atoms with Crippen molar-refractivity contribution < 1.29 is 0 Å². The molecule has 0 radical (unpaired) electrons. The first-order chi connectivity index (χ1) is 9.66. The summed E-state index contributed by atoms with van der Waals surface area (Å²) in [5, 5.41) is 5.65. The summed E-state index contributed by atoms with van der Waals surface area (Å²) in [6.07, 6.45) is 1.10. The zero-order valence-corrected chi connectivity index (χ0v) is 12.3. The fourth-order valence-corrected chi connectivity index (χ4v) is 2.15. The van der Waals surface area contributed by atoms with Gasteiger partial charge in [0.05, 0.1) is 6.54 Å². The number of nitrogens with zero attached hydrogens (tertiary/aromatic N) is 1. The highest BCUT2D eigenvalue weighted by atomic mass is 15.1. The van der Waals surface area contributed by atoms with Gasteiger partial charge >= 0.3 is 0 Å². The molecule has 0 saturated carbocycles. The number of hydrogen-bond acceptors (Lipinski definition) is 1. The Morgan fingerprint density at radius 1 is 1.15 bits per heavy atom. The van der Waals surface area contributed by atoms with E-state index in [0.717, 1.165) is 13.0 Å². The third-order valence-corrected chi connectivity index (χ3v) is 3.33. The van der Waals surface area contributed by atoms with Crippen molar-refractivity contribution >= 4 is 16.7 Å². The normalized spacial score (nSPS) is 12.1. The van der Waals surface area contributed by atoms with Crippen LogP contribution in [0, 0.1) is 5.92 Å². The van der Waals surface area contributed by atoms with Gasteiger partial charge in [0.1, 0.15) is 0 Å². The fraction of sp³-hybridized carbons (Fsp3) is 0.353. The Hall–Kier alpha value is -2.03. The molecule has 3 nitrogen and oxygen atoms in total. The van der Waals surface area contributed by atoms with Crippen molar-refractivity contribution in [1.82, 2.24) is 5.32 Å². The Morgan fingerprint density at radius 3 is 2.70 bits per heavy atom. The molecule has 2 rings (SSSR count). The summed E-state index contributed by atoms with van der Waals surface area (Å²) in [5.41, 5.74) is 7.10. The Kier molecular flexibility index (Phi) is 4.99. The first kappa shape index (κ1) is 14.4. The van der Waals surface area contributed by atoms with E-state index in [2.05, 4.69) is 66.6 Å². The van der Waals surface area contributed by atoms with Crippen molar-refractivity contribution in [2.45, 2.75) is 26.8 Å². The van der Waals surface area contributed by atoms with Crippen LogP contribution >= 0.6 is 0 Å². The molecule has 0 bridgehead atoms. The van der Waals surface area contributed by atoms with E-state index in [-0.39, 0.29) is 0 Å². The topological polar surface area (TPSA) is 50.4 Å². The van der Waals surface area contributed by atoms with Gasteiger partial charge in [-0.15, -0.1) is 0 Å². The minimum absolute atomic E-state index is 0.526. The maximum absolute atomic E-state index is 5.89. The van der Waals surface area contributed by atoms with E-state index in [9.17, 15) is 0 Å². The van der Waals surface area contributed by atoms with Crippen LogP contribution in [0.25, 0.3) is 10.8 Å². The van der Waals surface area contributed by atoms with Crippen molar-refractivity contribution in [2.24, 2.45) is 16.6 Å². The van der Waals surface area contributed by atoms with Crippen LogP contribution in [0.4, 0.5) is 0 Å². The maximum atomic E-state index is 5.89. The summed E-state index contributed by atoms with van der Waals surface area (Å²) in [6, 6.07) is 14.6. The van der Waals surface area contributed by atoms with Gasteiger partial charge in [-0.1, -0.05) is 56.3 Å². The van der Waals surface area contributed by atoms with Crippen LogP contribution in [-0.2, 0) is 6.54 Å². The molecule has 2 aromatic carbocycles. The Balaban J connectivity index is 2.01. The monoisotopic (exact) mass is 269 g/mol. The molecule has 0 aliphatic carbocycles. The van der Waals surface area contributed by atoms with Crippen LogP contribution in [0.1, 0.15) is 25.8 Å². The predicted molar refractivity (Wildman–Crippen MR) is 86.7 cm³/mol. The van der Waals surface area contributed by atoms with E-state index >= 15 is 0 Å². The zero-order valence-electron chi connectivity index (χ0n) is 12.3. The summed E-state index contributed by atoms with van der Waals surface area (Å²) in [6.45, 7) is 5.89. The lowest BCUT2D eigenvalue weighted by Crippen LogP contribution is -2.32. The number of nitrogens with two attached hydrogens (primary N) is 1. The van der Waals surface area contributed by atoms with Crippen LogP contribution in [0.15, 0.2) is 47.5 Å². The summed E-state index contributed by atoms with van der Waals surface area (Å²) >= 11 is 0. The van der Waals surface area contributed by atoms with Gasteiger partial charge in [0.25, 0.3) is 0 Å². The van der Waals surface area contributed by atoms with Gasteiger partial charge in [0.2, 0.25) is 0 Å². The highest BCUT2D eigenvalue weighted by Crippen LogP contribution is 2.18. The van der Waals surface area contributed by atoms with E-state index in [4.69, 9.17) is 5.73 Å². The average Bonchev–Trinajstić information content (AvgIpc) is 2.44. The first-order valence-corrected chi connectivity index (χ1v) is 7.17. The molecule has 0 aliphatic heterocycles. The standard InChI is InChI=1S/C17H23N3/c1-13(2)10-11-19-17(18)20-12-15-8-5-7-14-6-3-4-9-16(14)15/h3-9,13H,10-12H2,1-2H3,(H3,18,19,20). The second kappa shape index (κ2) is 6.94. The Labute approximate surface area is 120 Å². The van der Waals surface area contributed by atoms with Gasteiger partial charge in [-0.25, -0.2) is 4.99 Å². The minimum Gasteiger partial charge on any atom is -0.370 e. The summed E-state index contributed by atoms with van der Waals surface area (Å²) < 4.78 is 0. The summed E-state index contributed by atoms with van der Waals surface area (Å²) in [5.74, 6) is 1.20. The molecule has 0 atom stereocenters. The van der Waals surface area contributed by atoms with Crippen molar-refractivity contribution in [1.29, 1.82) is 0 Å². The smallest absolute Gasteiger partial charge is 0.188 e. The van der Waals surface area contributed by atoms with Gasteiger partial charge in [0.15, 0.2) is 5.96 Å². The number of guanidine groups is 1. The fourth-order valence-electron chi connectivity index (χ4n) is 2.15. The van der Waals surface area contributed by atoms with Crippen LogP contribution < -0.4 is 11.1 Å². The first-order valence-electron chi connectivity index (χ1n) is 7.17. The number of aliphatic imine (C=N–C) groups is 1. The maximum Gasteiger partial charge on any atom is 0.188 e. The Bertz CT molecular complexity index is 582. The van der Waals surface area contributed by atoms with E-state index in [1.165, 1.54) is 16.3 Å². The van der Waals surface area contributed by atoms with E-state index in [0.29, 0.717) is 18.4 Å². The number of fused-ring (bicyclic) bond motifs is 1. The van der Waals surface area contributed by atoms with Gasteiger partial charge in [-0.3, -0.25) is 0 Å². The second-order valence-corrected chi connectivity index (χ2v) is 5.45. The number of rotatable bonds is 5. The predicted octanol–water partition coefficient (Wildman–Crippen LogP) is 3.29. The number of nitrogens with one attached hydrogen (secondary N) is 1. The molecule has 0 amide bonds. The minimum atomic E-state index is 0.526. The van der Waals surface area contributed by atoms with Gasteiger partial charge in [-0.2, -0.15) is 0 Å². The molecule has 0 fully saturated rings. The van der Waals surface area contributed by atoms with E-state index in [1.807, 2.05) is 0 Å². The van der Waals surface area contributed by atoms with Gasteiger partial charge in [0, 0.05) is 6.54 Å². The molecule has 3 heteroatoms. The highest BCUT2D eigenvalue weighted by molar-refractivity contribution is 5.86. The molecule has 0 aromatic heterocycles. The third kappa shape index (κ3) is 3.98. The lowest BCUT2D eigenvalue weighted by molar-refractivity contribution is 0.576. The van der Waals surface area contributed by atoms with Crippen LogP contribution in [0.3, 0.4) is 0 Å². The third-order valence-electron chi connectivity index (χ3n) is 3.33. The largest absolute Gasteiger partial charge is 0.370 e. The molecular formula is C17H23N3. The lowest BCUT2D eigenvalue weighted by Gasteiger charge is -2.08. The van der Waals surface area contributed by atoms with E-state index in [1.54, 1.807) is 0 Å². The van der Waals surface area contributed by atoms with Crippen LogP contribution in [0.5, 0.6) is 0 Å². The quantitative estimate of drug-likeness (QED) is 0.646. The van der Waals surface area contributed by atoms with Crippen molar-refractivity contribution in [3.8, 4) is 0 Å². The summed E-state index contributed by atoms with van der Waals surface area (Å²) in [4.78, 5) is 4.42. The van der Waals surface area contributed by atoms with Crippen LogP contribution in [-0.4, -0.2) is 12.5 Å². The lowest BCUT2D eigenvalue weighted by atomic mass is 10.1. The highest BCUT2D eigenvalue weighted by Gasteiger charge is 2.00. The SMILES string of the molecule is CC(C)CCNC(N)=NCc1cccc2ccccc12. The molecular weight excluding hydrogens is 246 g/mol. The molecule has 2 aromatic rings. The van der Waals surface area contributed by atoms with Crippen LogP contribution in [0.2, 0.25) is 0 Å². The molecule has 0 unspecified atom stereocenters. The Morgan fingerprint density at radius 2 is 1.90 bits per heavy atom. The molecule has 20 heavy (non-hydrogen) atoms. The molecule has 0 spiro atoms. The number of hydrogen-bond donors (Lipinski definition) is 2. The van der Waals surface area contributed by atoms with Gasteiger partial charge in [-0.05, 0) is 28.7 Å². The molecule has 106 valence electrons. The molecule has 3 N–H and O–H groups in total. The van der Waals surface area contributed by atoms with E-state index < -0.39 is 0 Å². The van der Waals surface area contributed by atoms with Gasteiger partial charge < -0.3 is 11.1 Å². The van der Waals surface area contributed by atoms with Crippen molar-refractivity contribution in [2.75, 3.05) is 6.54 Å². The average molecular weight is 269 g/mol. The molecule has 0 saturated heterocycles.